The van der Waals surface area contributed by atoms with Crippen molar-refractivity contribution in [2.75, 3.05) is 11.1 Å². The second kappa shape index (κ2) is 8.11. The maximum atomic E-state index is 12.0. The summed E-state index contributed by atoms with van der Waals surface area (Å²) in [5.74, 6) is 0.891. The predicted molar refractivity (Wildman–Crippen MR) is 92.6 cm³/mol. The molecule has 1 aliphatic rings. The Morgan fingerprint density at radius 1 is 1.24 bits per heavy atom. The summed E-state index contributed by atoms with van der Waals surface area (Å²) in [4.78, 5) is 22.1. The number of benzene rings is 1. The van der Waals surface area contributed by atoms with Crippen LogP contribution in [0.3, 0.4) is 0 Å². The lowest BCUT2D eigenvalue weighted by Crippen LogP contribution is -2.13. The molecule has 8 nitrogen and oxygen atoms in total. The maximum absolute atomic E-state index is 12.0. The van der Waals surface area contributed by atoms with Crippen LogP contribution in [0, 0.1) is 10.1 Å². The molecule has 0 unspecified atom stereocenters. The highest BCUT2D eigenvalue weighted by atomic mass is 32.2. The minimum atomic E-state index is -0.485. The van der Waals surface area contributed by atoms with E-state index < -0.39 is 4.92 Å². The topological polar surface area (TPSA) is 111 Å². The van der Waals surface area contributed by atoms with Crippen LogP contribution < -0.4 is 5.32 Å². The highest BCUT2D eigenvalue weighted by Gasteiger charge is 2.21. The number of thioether (sulfide) groups is 1. The molecule has 9 heteroatoms. The molecule has 1 heterocycles. The monoisotopic (exact) mass is 362 g/mol. The van der Waals surface area contributed by atoms with Crippen molar-refractivity contribution in [1.29, 1.82) is 0 Å². The number of hydrogen-bond acceptors (Lipinski definition) is 7. The van der Waals surface area contributed by atoms with Gasteiger partial charge in [-0.25, -0.2) is 0 Å². The van der Waals surface area contributed by atoms with E-state index in [4.69, 9.17) is 4.42 Å². The fourth-order valence-electron chi connectivity index (χ4n) is 2.78. The van der Waals surface area contributed by atoms with Crippen LogP contribution in [0.4, 0.5) is 11.4 Å². The molecule has 1 fully saturated rings. The maximum Gasteiger partial charge on any atom is 0.277 e. The average Bonchev–Trinajstić information content (AvgIpc) is 3.10. The first-order chi connectivity index (χ1) is 12.1. The Morgan fingerprint density at radius 2 is 1.96 bits per heavy atom. The van der Waals surface area contributed by atoms with Gasteiger partial charge in [0.15, 0.2) is 0 Å². The zero-order chi connectivity index (χ0) is 17.6. The van der Waals surface area contributed by atoms with Crippen LogP contribution in [-0.2, 0) is 4.79 Å². The fraction of sp³-hybridized carbons (Fsp3) is 0.438. The molecule has 1 aromatic heterocycles. The molecular formula is C16H18N4O4S. The molecule has 3 rings (SSSR count). The smallest absolute Gasteiger partial charge is 0.277 e. The van der Waals surface area contributed by atoms with Crippen molar-refractivity contribution in [2.24, 2.45) is 0 Å². The van der Waals surface area contributed by atoms with Crippen molar-refractivity contribution >= 4 is 29.0 Å². The van der Waals surface area contributed by atoms with Crippen LogP contribution in [0.5, 0.6) is 0 Å². The van der Waals surface area contributed by atoms with E-state index in [0.717, 1.165) is 12.8 Å². The third kappa shape index (κ3) is 4.79. The van der Waals surface area contributed by atoms with Gasteiger partial charge in [0, 0.05) is 23.7 Å². The fourth-order valence-corrected chi connectivity index (χ4v) is 3.35. The summed E-state index contributed by atoms with van der Waals surface area (Å²) in [6.07, 6.45) is 5.79. The van der Waals surface area contributed by atoms with Crippen molar-refractivity contribution in [3.63, 3.8) is 0 Å². The second-order valence-electron chi connectivity index (χ2n) is 5.88. The van der Waals surface area contributed by atoms with Gasteiger partial charge in [-0.2, -0.15) is 0 Å². The van der Waals surface area contributed by atoms with Crippen molar-refractivity contribution in [3.05, 3.63) is 40.3 Å². The van der Waals surface area contributed by atoms with Crippen LogP contribution in [0.2, 0.25) is 0 Å². The van der Waals surface area contributed by atoms with Crippen LogP contribution in [-0.4, -0.2) is 26.8 Å². The molecular weight excluding hydrogens is 344 g/mol. The number of non-ortho nitro benzene ring substituents is 1. The van der Waals surface area contributed by atoms with Gasteiger partial charge in [0.2, 0.25) is 11.8 Å². The number of aromatic nitrogens is 2. The standard InChI is InChI=1S/C16H18N4O4S/c21-14(17-12-6-8-13(9-7-12)20(22)23)10-25-16-19-18-15(24-16)11-4-2-1-3-5-11/h6-9,11H,1-5,10H2,(H,17,21). The number of amides is 1. The summed E-state index contributed by atoms with van der Waals surface area (Å²) in [5.41, 5.74) is 0.484. The van der Waals surface area contributed by atoms with Crippen LogP contribution in [0.25, 0.3) is 0 Å². The van der Waals surface area contributed by atoms with Crippen LogP contribution in [0.1, 0.15) is 43.9 Å². The molecule has 132 valence electrons. The lowest BCUT2D eigenvalue weighted by molar-refractivity contribution is -0.384. The van der Waals surface area contributed by atoms with Gasteiger partial charge in [0.1, 0.15) is 0 Å². The summed E-state index contributed by atoms with van der Waals surface area (Å²) in [5, 5.41) is 21.8. The molecule has 1 N–H and O–H groups in total. The molecule has 0 spiro atoms. The third-order valence-corrected chi connectivity index (χ3v) is 4.88. The Labute approximate surface area is 148 Å². The zero-order valence-electron chi connectivity index (χ0n) is 13.5. The summed E-state index contributed by atoms with van der Waals surface area (Å²) in [7, 11) is 0. The van der Waals surface area contributed by atoms with E-state index in [2.05, 4.69) is 15.5 Å². The number of carbonyl (C=O) groups is 1. The van der Waals surface area contributed by atoms with Gasteiger partial charge < -0.3 is 9.73 Å². The second-order valence-corrected chi connectivity index (χ2v) is 6.81. The minimum Gasteiger partial charge on any atom is -0.416 e. The number of nitro groups is 1. The quantitative estimate of drug-likeness (QED) is 0.473. The number of anilines is 1. The minimum absolute atomic E-state index is 0.0199. The molecule has 0 radical (unpaired) electrons. The number of nitrogens with zero attached hydrogens (tertiary/aromatic N) is 3. The Kier molecular flexibility index (Phi) is 5.64. The molecule has 1 saturated carbocycles. The summed E-state index contributed by atoms with van der Waals surface area (Å²) < 4.78 is 5.65. The van der Waals surface area contributed by atoms with Gasteiger partial charge in [-0.1, -0.05) is 31.0 Å². The molecule has 1 aliphatic carbocycles. The SMILES string of the molecule is O=C(CSc1nnc(C2CCCCC2)o1)Nc1ccc([N+](=O)[O-])cc1. The molecule has 0 aliphatic heterocycles. The van der Waals surface area contributed by atoms with Gasteiger partial charge in [-0.3, -0.25) is 14.9 Å². The largest absolute Gasteiger partial charge is 0.416 e. The van der Waals surface area contributed by atoms with Crippen molar-refractivity contribution < 1.29 is 14.1 Å². The molecule has 0 atom stereocenters. The lowest BCUT2D eigenvalue weighted by Gasteiger charge is -2.17. The predicted octanol–water partition coefficient (Wildman–Crippen LogP) is 3.76. The number of nitro benzene ring substituents is 1. The average molecular weight is 362 g/mol. The molecule has 1 amide bonds. The zero-order valence-corrected chi connectivity index (χ0v) is 14.3. The lowest BCUT2D eigenvalue weighted by atomic mass is 9.89. The normalized spacial score (nSPS) is 15.0. The Morgan fingerprint density at radius 3 is 2.64 bits per heavy atom. The van der Waals surface area contributed by atoms with Crippen molar-refractivity contribution in [3.8, 4) is 0 Å². The van der Waals surface area contributed by atoms with E-state index in [1.54, 1.807) is 0 Å². The summed E-state index contributed by atoms with van der Waals surface area (Å²) in [6, 6.07) is 5.68. The van der Waals surface area contributed by atoms with Gasteiger partial charge >= 0.3 is 0 Å². The van der Waals surface area contributed by atoms with E-state index in [9.17, 15) is 14.9 Å². The number of nitrogens with one attached hydrogen (secondary N) is 1. The molecule has 0 saturated heterocycles. The Hall–Kier alpha value is -2.42. The van der Waals surface area contributed by atoms with Gasteiger partial charge in [0.25, 0.3) is 10.9 Å². The van der Waals surface area contributed by atoms with Crippen LogP contribution in [0.15, 0.2) is 33.9 Å². The van der Waals surface area contributed by atoms with E-state index in [1.807, 2.05) is 0 Å². The van der Waals surface area contributed by atoms with E-state index >= 15 is 0 Å². The third-order valence-electron chi connectivity index (χ3n) is 4.07. The molecule has 1 aromatic carbocycles. The highest BCUT2D eigenvalue weighted by molar-refractivity contribution is 7.99. The van der Waals surface area contributed by atoms with E-state index in [1.165, 1.54) is 55.3 Å². The van der Waals surface area contributed by atoms with E-state index in [-0.39, 0.29) is 17.3 Å². The van der Waals surface area contributed by atoms with Gasteiger partial charge in [-0.05, 0) is 25.0 Å². The Balaban J connectivity index is 1.48. The first-order valence-corrected chi connectivity index (χ1v) is 9.11. The molecule has 0 bridgehead atoms. The number of hydrogen-bond donors (Lipinski definition) is 1. The van der Waals surface area contributed by atoms with Crippen molar-refractivity contribution in [2.45, 2.75) is 43.2 Å². The Bertz CT molecular complexity index is 741. The van der Waals surface area contributed by atoms with Crippen molar-refractivity contribution in [1.82, 2.24) is 10.2 Å². The highest BCUT2D eigenvalue weighted by Crippen LogP contribution is 2.32. The first-order valence-electron chi connectivity index (χ1n) is 8.12. The first kappa shape index (κ1) is 17.4. The number of rotatable bonds is 6. The molecule has 2 aromatic rings. The van der Waals surface area contributed by atoms with Gasteiger partial charge in [0.05, 0.1) is 10.7 Å². The van der Waals surface area contributed by atoms with E-state index in [0.29, 0.717) is 22.7 Å². The van der Waals surface area contributed by atoms with Crippen LogP contribution >= 0.6 is 11.8 Å². The number of carbonyl (C=O) groups excluding carboxylic acids is 1. The van der Waals surface area contributed by atoms with Gasteiger partial charge in [-0.15, -0.1) is 10.2 Å². The summed E-state index contributed by atoms with van der Waals surface area (Å²) in [6.45, 7) is 0. The molecule has 25 heavy (non-hydrogen) atoms. The summed E-state index contributed by atoms with van der Waals surface area (Å²) >= 11 is 1.18.